The molecule has 0 saturated heterocycles. The maximum absolute atomic E-state index is 13.2. The molecule has 0 spiro atoms. The number of carbonyl (C=O) groups excluding carboxylic acids is 1. The van der Waals surface area contributed by atoms with Crippen molar-refractivity contribution in [3.63, 3.8) is 0 Å². The molecule has 2 heterocycles. The summed E-state index contributed by atoms with van der Waals surface area (Å²) in [4.78, 5) is 16.6. The molecule has 7 nitrogen and oxygen atoms in total. The Balaban J connectivity index is 2.27. The standard InChI is InChI=1S/C21H22ClF2N3O4/c1-5-15(22)7-6-13(2)17-8-14(10-26-20(17)30-12-21(3,23)24)19(28)25-11-16-9-18(29-4)27-31-16/h5-10H,1,11-12H2,2-4H3,(H,25,28)/b13-6+,15-7+. The number of nitrogens with one attached hydrogen (secondary N) is 1. The van der Waals surface area contributed by atoms with Gasteiger partial charge in [-0.2, -0.15) is 0 Å². The molecular weight excluding hydrogens is 432 g/mol. The highest BCUT2D eigenvalue weighted by Crippen LogP contribution is 2.27. The van der Waals surface area contributed by atoms with Gasteiger partial charge in [0.05, 0.1) is 19.2 Å². The van der Waals surface area contributed by atoms with Gasteiger partial charge in [-0.3, -0.25) is 4.79 Å². The summed E-state index contributed by atoms with van der Waals surface area (Å²) < 4.78 is 41.6. The fraction of sp³-hybridized carbons (Fsp3) is 0.286. The Morgan fingerprint density at radius 3 is 2.74 bits per heavy atom. The number of nitrogens with zero attached hydrogens (tertiary/aromatic N) is 2. The first kappa shape index (κ1) is 24.1. The highest BCUT2D eigenvalue weighted by Gasteiger charge is 2.24. The van der Waals surface area contributed by atoms with E-state index in [1.54, 1.807) is 19.1 Å². The van der Waals surface area contributed by atoms with Crippen molar-refractivity contribution in [1.82, 2.24) is 15.5 Å². The van der Waals surface area contributed by atoms with Crippen LogP contribution < -0.4 is 14.8 Å². The smallest absolute Gasteiger partial charge is 0.278 e. The molecule has 0 bridgehead atoms. The van der Waals surface area contributed by atoms with Gasteiger partial charge in [0, 0.05) is 29.8 Å². The van der Waals surface area contributed by atoms with E-state index < -0.39 is 18.4 Å². The van der Waals surface area contributed by atoms with Crippen LogP contribution in [0.15, 0.2) is 52.7 Å². The zero-order valence-electron chi connectivity index (χ0n) is 17.2. The van der Waals surface area contributed by atoms with Crippen molar-refractivity contribution < 1.29 is 27.6 Å². The van der Waals surface area contributed by atoms with Gasteiger partial charge in [0.25, 0.3) is 17.7 Å². The molecule has 0 aromatic carbocycles. The number of aromatic nitrogens is 2. The van der Waals surface area contributed by atoms with Crippen LogP contribution in [0, 0.1) is 0 Å². The lowest BCUT2D eigenvalue weighted by Crippen LogP contribution is -2.24. The van der Waals surface area contributed by atoms with E-state index in [0.29, 0.717) is 21.9 Å². The highest BCUT2D eigenvalue weighted by atomic mass is 35.5. The summed E-state index contributed by atoms with van der Waals surface area (Å²) in [6.07, 6.45) is 5.90. The van der Waals surface area contributed by atoms with E-state index in [-0.39, 0.29) is 23.9 Å². The largest absolute Gasteiger partial charge is 0.479 e. The zero-order valence-corrected chi connectivity index (χ0v) is 18.0. The van der Waals surface area contributed by atoms with Crippen molar-refractivity contribution in [3.05, 3.63) is 65.1 Å². The SMILES string of the molecule is C=C/C(Cl)=C\C=C(/C)c1cc(C(=O)NCc2cc(OC)no2)cnc1OCC(C)(F)F. The molecule has 1 amide bonds. The van der Waals surface area contributed by atoms with Crippen molar-refractivity contribution in [2.75, 3.05) is 13.7 Å². The first-order valence-corrected chi connectivity index (χ1v) is 9.46. The number of methoxy groups -OCH3 is 1. The molecule has 0 aliphatic heterocycles. The topological polar surface area (TPSA) is 86.5 Å². The second-order valence-corrected chi connectivity index (χ2v) is 7.00. The van der Waals surface area contributed by atoms with E-state index in [9.17, 15) is 13.6 Å². The molecule has 0 unspecified atom stereocenters. The van der Waals surface area contributed by atoms with Crippen LogP contribution in [0.3, 0.4) is 0 Å². The van der Waals surface area contributed by atoms with Gasteiger partial charge in [0.2, 0.25) is 5.88 Å². The van der Waals surface area contributed by atoms with Crippen LogP contribution in [0.25, 0.3) is 5.57 Å². The summed E-state index contributed by atoms with van der Waals surface area (Å²) in [6.45, 7) is 5.21. The minimum Gasteiger partial charge on any atom is -0.479 e. The van der Waals surface area contributed by atoms with Crippen molar-refractivity contribution >= 4 is 23.1 Å². The second-order valence-electron chi connectivity index (χ2n) is 6.56. The minimum absolute atomic E-state index is 0.0325. The predicted molar refractivity (Wildman–Crippen MR) is 112 cm³/mol. The van der Waals surface area contributed by atoms with Crippen molar-refractivity contribution in [1.29, 1.82) is 0 Å². The van der Waals surface area contributed by atoms with E-state index in [1.165, 1.54) is 31.5 Å². The number of pyridine rings is 1. The summed E-state index contributed by atoms with van der Waals surface area (Å²) in [5, 5.41) is 6.69. The molecule has 2 rings (SSSR count). The predicted octanol–water partition coefficient (Wildman–Crippen LogP) is 4.75. The van der Waals surface area contributed by atoms with Crippen LogP contribution >= 0.6 is 11.6 Å². The fourth-order valence-electron chi connectivity index (χ4n) is 2.27. The van der Waals surface area contributed by atoms with Crippen molar-refractivity contribution in [3.8, 4) is 11.8 Å². The first-order chi connectivity index (χ1) is 14.6. The van der Waals surface area contributed by atoms with E-state index in [0.717, 1.165) is 6.92 Å². The number of carbonyl (C=O) groups is 1. The first-order valence-electron chi connectivity index (χ1n) is 9.08. The van der Waals surface area contributed by atoms with Gasteiger partial charge in [-0.05, 0) is 29.8 Å². The Morgan fingerprint density at radius 2 is 2.13 bits per heavy atom. The van der Waals surface area contributed by atoms with Gasteiger partial charge < -0.3 is 19.3 Å². The maximum atomic E-state index is 13.2. The summed E-state index contributed by atoms with van der Waals surface area (Å²) >= 11 is 5.92. The summed E-state index contributed by atoms with van der Waals surface area (Å²) in [7, 11) is 1.44. The molecule has 0 fully saturated rings. The zero-order chi connectivity index (χ0) is 23.0. The van der Waals surface area contributed by atoms with Gasteiger partial charge in [-0.15, -0.1) is 0 Å². The number of allylic oxidation sites excluding steroid dienone is 5. The molecule has 0 atom stereocenters. The number of ether oxygens (including phenoxy) is 2. The van der Waals surface area contributed by atoms with Gasteiger partial charge in [-0.25, -0.2) is 13.8 Å². The summed E-state index contributed by atoms with van der Waals surface area (Å²) in [5.74, 6) is -2.85. The Hall–Kier alpha value is -3.20. The lowest BCUT2D eigenvalue weighted by molar-refractivity contribution is -0.0243. The monoisotopic (exact) mass is 453 g/mol. The molecule has 10 heteroatoms. The summed E-state index contributed by atoms with van der Waals surface area (Å²) in [5.41, 5.74) is 1.16. The Labute approximate surface area is 183 Å². The van der Waals surface area contributed by atoms with E-state index in [4.69, 9.17) is 25.6 Å². The third-order valence-corrected chi connectivity index (χ3v) is 4.14. The molecule has 1 N–H and O–H groups in total. The lowest BCUT2D eigenvalue weighted by Gasteiger charge is -2.15. The molecule has 0 radical (unpaired) electrons. The van der Waals surface area contributed by atoms with Gasteiger partial charge in [0.15, 0.2) is 12.4 Å². The minimum atomic E-state index is -3.04. The van der Waals surface area contributed by atoms with E-state index in [1.807, 2.05) is 0 Å². The number of amides is 1. The third-order valence-electron chi connectivity index (χ3n) is 3.86. The molecule has 0 aliphatic carbocycles. The molecule has 2 aromatic heterocycles. The quantitative estimate of drug-likeness (QED) is 0.522. The Bertz CT molecular complexity index is 997. The van der Waals surface area contributed by atoms with Crippen LogP contribution in [0.1, 0.15) is 35.5 Å². The van der Waals surface area contributed by atoms with Gasteiger partial charge in [0.1, 0.15) is 0 Å². The van der Waals surface area contributed by atoms with Crippen LogP contribution in [-0.4, -0.2) is 35.7 Å². The number of hydrogen-bond donors (Lipinski definition) is 1. The van der Waals surface area contributed by atoms with Crippen LogP contribution in [0.2, 0.25) is 0 Å². The maximum Gasteiger partial charge on any atom is 0.278 e. The second kappa shape index (κ2) is 10.7. The number of hydrogen-bond acceptors (Lipinski definition) is 6. The lowest BCUT2D eigenvalue weighted by atomic mass is 10.1. The van der Waals surface area contributed by atoms with E-state index in [2.05, 4.69) is 22.0 Å². The van der Waals surface area contributed by atoms with Crippen LogP contribution in [0.5, 0.6) is 11.8 Å². The van der Waals surface area contributed by atoms with Gasteiger partial charge in [-0.1, -0.05) is 30.3 Å². The van der Waals surface area contributed by atoms with Crippen LogP contribution in [0.4, 0.5) is 8.78 Å². The van der Waals surface area contributed by atoms with Crippen molar-refractivity contribution in [2.24, 2.45) is 0 Å². The van der Waals surface area contributed by atoms with E-state index >= 15 is 0 Å². The molecular formula is C21H22ClF2N3O4. The summed E-state index contributed by atoms with van der Waals surface area (Å²) in [6, 6.07) is 3.03. The molecule has 166 valence electrons. The van der Waals surface area contributed by atoms with Gasteiger partial charge >= 0.3 is 0 Å². The number of alkyl halides is 2. The Morgan fingerprint density at radius 1 is 1.39 bits per heavy atom. The Kier molecular flexibility index (Phi) is 8.32. The normalized spacial score (nSPS) is 12.5. The van der Waals surface area contributed by atoms with Crippen molar-refractivity contribution in [2.45, 2.75) is 26.3 Å². The molecule has 2 aromatic rings. The van der Waals surface area contributed by atoms with Crippen LogP contribution in [-0.2, 0) is 6.54 Å². The average molecular weight is 454 g/mol. The molecule has 31 heavy (non-hydrogen) atoms. The highest BCUT2D eigenvalue weighted by molar-refractivity contribution is 6.31. The third kappa shape index (κ3) is 7.53. The number of rotatable bonds is 10. The molecule has 0 saturated carbocycles. The number of halogens is 3. The molecule has 0 aliphatic rings. The fourth-order valence-corrected chi connectivity index (χ4v) is 2.34. The average Bonchev–Trinajstić information content (AvgIpc) is 3.21.